The number of methoxy groups -OCH3 is 1. The number of hydrogen-bond acceptors (Lipinski definition) is 3. The molecule has 1 saturated carbocycles. The standard InChI is InChI=1S/C13H24N2O2/c1-14-7-12(16)15-8-11(9-17-2)13(10-15)5-3-4-6-13/h11,14H,3-10H2,1-2H3/t11-/m0/s1. The van der Waals surface area contributed by atoms with Gasteiger partial charge in [-0.3, -0.25) is 4.79 Å². The highest BCUT2D eigenvalue weighted by Crippen LogP contribution is 2.49. The van der Waals surface area contributed by atoms with E-state index in [9.17, 15) is 4.79 Å². The number of likely N-dealkylation sites (N-methyl/N-ethyl adjacent to an activating group) is 1. The summed E-state index contributed by atoms with van der Waals surface area (Å²) >= 11 is 0. The summed E-state index contributed by atoms with van der Waals surface area (Å²) in [6.07, 6.45) is 5.16. The fraction of sp³-hybridized carbons (Fsp3) is 0.923. The van der Waals surface area contributed by atoms with E-state index < -0.39 is 0 Å². The van der Waals surface area contributed by atoms with Crippen molar-refractivity contribution >= 4 is 5.91 Å². The van der Waals surface area contributed by atoms with Crippen LogP contribution in [0.1, 0.15) is 25.7 Å². The van der Waals surface area contributed by atoms with Crippen molar-refractivity contribution in [1.82, 2.24) is 10.2 Å². The average Bonchev–Trinajstić information content (AvgIpc) is 2.90. The van der Waals surface area contributed by atoms with E-state index in [1.54, 1.807) is 7.11 Å². The van der Waals surface area contributed by atoms with Gasteiger partial charge in [-0.1, -0.05) is 12.8 Å². The van der Waals surface area contributed by atoms with E-state index in [4.69, 9.17) is 4.74 Å². The molecule has 0 aromatic rings. The Kier molecular flexibility index (Phi) is 4.05. The molecule has 2 rings (SSSR count). The first kappa shape index (κ1) is 12.8. The second-order valence-electron chi connectivity index (χ2n) is 5.53. The molecule has 0 radical (unpaired) electrons. The van der Waals surface area contributed by atoms with E-state index in [1.165, 1.54) is 25.7 Å². The van der Waals surface area contributed by atoms with Gasteiger partial charge in [-0.05, 0) is 25.3 Å². The van der Waals surface area contributed by atoms with Gasteiger partial charge in [0.05, 0.1) is 13.2 Å². The normalized spacial score (nSPS) is 26.9. The van der Waals surface area contributed by atoms with Gasteiger partial charge in [0.15, 0.2) is 0 Å². The van der Waals surface area contributed by atoms with Crippen molar-refractivity contribution < 1.29 is 9.53 Å². The van der Waals surface area contributed by atoms with Crippen molar-refractivity contribution in [3.8, 4) is 0 Å². The summed E-state index contributed by atoms with van der Waals surface area (Å²) in [5.74, 6) is 0.771. The molecule has 1 heterocycles. The lowest BCUT2D eigenvalue weighted by molar-refractivity contribution is -0.129. The van der Waals surface area contributed by atoms with Crippen LogP contribution in [0, 0.1) is 11.3 Å². The summed E-state index contributed by atoms with van der Waals surface area (Å²) in [4.78, 5) is 14.0. The van der Waals surface area contributed by atoms with Crippen LogP contribution in [-0.4, -0.2) is 51.2 Å². The van der Waals surface area contributed by atoms with Gasteiger partial charge in [0.1, 0.15) is 0 Å². The van der Waals surface area contributed by atoms with Crippen LogP contribution in [0.2, 0.25) is 0 Å². The van der Waals surface area contributed by atoms with Gasteiger partial charge in [-0.25, -0.2) is 0 Å². The largest absolute Gasteiger partial charge is 0.384 e. The maximum atomic E-state index is 12.0. The fourth-order valence-corrected chi connectivity index (χ4v) is 3.56. The van der Waals surface area contributed by atoms with Gasteiger partial charge in [0.25, 0.3) is 0 Å². The van der Waals surface area contributed by atoms with E-state index in [2.05, 4.69) is 5.32 Å². The van der Waals surface area contributed by atoms with Crippen LogP contribution in [0.15, 0.2) is 0 Å². The average molecular weight is 240 g/mol. The minimum Gasteiger partial charge on any atom is -0.384 e. The number of nitrogens with one attached hydrogen (secondary N) is 1. The van der Waals surface area contributed by atoms with Crippen LogP contribution in [0.3, 0.4) is 0 Å². The van der Waals surface area contributed by atoms with E-state index in [0.717, 1.165) is 19.7 Å². The van der Waals surface area contributed by atoms with E-state index in [1.807, 2.05) is 11.9 Å². The Labute approximate surface area is 104 Å². The molecule has 0 aromatic carbocycles. The molecule has 1 saturated heterocycles. The van der Waals surface area contributed by atoms with Crippen LogP contribution in [0.4, 0.5) is 0 Å². The number of likely N-dealkylation sites (tertiary alicyclic amines) is 1. The van der Waals surface area contributed by atoms with Crippen molar-refractivity contribution in [2.75, 3.05) is 40.4 Å². The molecule has 1 amide bonds. The first-order valence-corrected chi connectivity index (χ1v) is 6.63. The van der Waals surface area contributed by atoms with E-state index >= 15 is 0 Å². The summed E-state index contributed by atoms with van der Waals surface area (Å²) in [5, 5.41) is 2.95. The van der Waals surface area contributed by atoms with Crippen molar-refractivity contribution in [2.24, 2.45) is 11.3 Å². The van der Waals surface area contributed by atoms with Crippen molar-refractivity contribution in [1.29, 1.82) is 0 Å². The molecule has 1 spiro atoms. The number of carbonyl (C=O) groups is 1. The van der Waals surface area contributed by atoms with Gasteiger partial charge in [-0.2, -0.15) is 0 Å². The second kappa shape index (κ2) is 5.36. The van der Waals surface area contributed by atoms with Crippen molar-refractivity contribution in [3.05, 3.63) is 0 Å². The highest BCUT2D eigenvalue weighted by Gasteiger charge is 2.48. The molecule has 4 nitrogen and oxygen atoms in total. The third-order valence-corrected chi connectivity index (χ3v) is 4.46. The molecule has 1 N–H and O–H groups in total. The molecule has 2 fully saturated rings. The summed E-state index contributed by atoms with van der Waals surface area (Å²) < 4.78 is 5.35. The number of carbonyl (C=O) groups excluding carboxylic acids is 1. The summed E-state index contributed by atoms with van der Waals surface area (Å²) in [5.41, 5.74) is 0.361. The molecule has 0 unspecified atom stereocenters. The minimum absolute atomic E-state index is 0.234. The van der Waals surface area contributed by atoms with Crippen LogP contribution in [-0.2, 0) is 9.53 Å². The molecular formula is C13H24N2O2. The Morgan fingerprint density at radius 2 is 2.18 bits per heavy atom. The highest BCUT2D eigenvalue weighted by atomic mass is 16.5. The molecule has 1 aliphatic carbocycles. The Morgan fingerprint density at radius 3 is 2.76 bits per heavy atom. The number of ether oxygens (including phenoxy) is 1. The maximum absolute atomic E-state index is 12.0. The summed E-state index contributed by atoms with van der Waals surface area (Å²) in [6, 6.07) is 0. The SMILES string of the molecule is CNCC(=O)N1C[C@@H](COC)C2(CCCC2)C1. The fourth-order valence-electron chi connectivity index (χ4n) is 3.56. The van der Waals surface area contributed by atoms with E-state index in [0.29, 0.717) is 17.9 Å². The van der Waals surface area contributed by atoms with Gasteiger partial charge in [-0.15, -0.1) is 0 Å². The Hall–Kier alpha value is -0.610. The highest BCUT2D eigenvalue weighted by molar-refractivity contribution is 5.78. The maximum Gasteiger partial charge on any atom is 0.236 e. The third-order valence-electron chi connectivity index (χ3n) is 4.46. The zero-order chi connectivity index (χ0) is 12.3. The predicted molar refractivity (Wildman–Crippen MR) is 66.8 cm³/mol. The molecule has 98 valence electrons. The van der Waals surface area contributed by atoms with Crippen molar-refractivity contribution in [3.63, 3.8) is 0 Å². The van der Waals surface area contributed by atoms with Crippen LogP contribution < -0.4 is 5.32 Å². The van der Waals surface area contributed by atoms with Gasteiger partial charge < -0.3 is 15.0 Å². The third kappa shape index (κ3) is 2.47. The topological polar surface area (TPSA) is 41.6 Å². The summed E-state index contributed by atoms with van der Waals surface area (Å²) in [7, 11) is 3.59. The number of nitrogens with zero attached hydrogens (tertiary/aromatic N) is 1. The lowest BCUT2D eigenvalue weighted by atomic mass is 9.77. The lowest BCUT2D eigenvalue weighted by Gasteiger charge is -2.29. The second-order valence-corrected chi connectivity index (χ2v) is 5.53. The first-order valence-electron chi connectivity index (χ1n) is 6.63. The zero-order valence-electron chi connectivity index (χ0n) is 11.0. The Morgan fingerprint density at radius 1 is 1.47 bits per heavy atom. The monoisotopic (exact) mass is 240 g/mol. The lowest BCUT2D eigenvalue weighted by Crippen LogP contribution is -2.36. The molecule has 2 aliphatic rings. The Bertz CT molecular complexity index is 275. The van der Waals surface area contributed by atoms with Gasteiger partial charge >= 0.3 is 0 Å². The van der Waals surface area contributed by atoms with Crippen LogP contribution in [0.5, 0.6) is 0 Å². The number of hydrogen-bond donors (Lipinski definition) is 1. The quantitative estimate of drug-likeness (QED) is 0.793. The van der Waals surface area contributed by atoms with Gasteiger partial charge in [0.2, 0.25) is 5.91 Å². The number of rotatable bonds is 4. The predicted octanol–water partition coefficient (Wildman–Crippen LogP) is 0.871. The molecule has 0 aromatic heterocycles. The smallest absolute Gasteiger partial charge is 0.236 e. The van der Waals surface area contributed by atoms with Crippen LogP contribution in [0.25, 0.3) is 0 Å². The first-order chi connectivity index (χ1) is 8.22. The molecule has 1 aliphatic heterocycles. The summed E-state index contributed by atoms with van der Waals surface area (Å²) in [6.45, 7) is 3.08. The van der Waals surface area contributed by atoms with Crippen molar-refractivity contribution in [2.45, 2.75) is 25.7 Å². The number of amides is 1. The molecule has 17 heavy (non-hydrogen) atoms. The van der Waals surface area contributed by atoms with Crippen LogP contribution >= 0.6 is 0 Å². The van der Waals surface area contributed by atoms with Gasteiger partial charge in [0, 0.05) is 26.1 Å². The molecular weight excluding hydrogens is 216 g/mol. The van der Waals surface area contributed by atoms with E-state index in [-0.39, 0.29) is 5.91 Å². The molecule has 1 atom stereocenters. The molecule has 0 bridgehead atoms. The molecule has 4 heteroatoms. The Balaban J connectivity index is 2.03. The zero-order valence-corrected chi connectivity index (χ0v) is 11.0. The minimum atomic E-state index is 0.234.